The van der Waals surface area contributed by atoms with Crippen LogP contribution in [0, 0.1) is 0 Å². The Hall–Kier alpha value is -2.96. The van der Waals surface area contributed by atoms with Gasteiger partial charge in [0.15, 0.2) is 10.9 Å². The summed E-state index contributed by atoms with van der Waals surface area (Å²) in [5.41, 5.74) is 3.12. The van der Waals surface area contributed by atoms with Crippen LogP contribution in [0.25, 0.3) is 11.0 Å². The number of hydrogen-bond acceptors (Lipinski definition) is 5. The van der Waals surface area contributed by atoms with E-state index in [0.29, 0.717) is 16.5 Å². The minimum atomic E-state index is -0.261. The van der Waals surface area contributed by atoms with Crippen molar-refractivity contribution in [2.24, 2.45) is 0 Å². The van der Waals surface area contributed by atoms with Crippen molar-refractivity contribution in [1.82, 2.24) is 9.88 Å². The number of carbonyl (C=O) groups is 1. The van der Waals surface area contributed by atoms with E-state index < -0.39 is 0 Å². The Morgan fingerprint density at radius 3 is 2.82 bits per heavy atom. The van der Waals surface area contributed by atoms with Crippen molar-refractivity contribution < 1.29 is 9.21 Å². The molecular weight excluding hydrogens is 370 g/mol. The fraction of sp³-hybridized carbons (Fsp3) is 0.182. The number of furan rings is 1. The van der Waals surface area contributed by atoms with Crippen LogP contribution < -0.4 is 5.32 Å². The fourth-order valence-electron chi connectivity index (χ4n) is 3.53. The van der Waals surface area contributed by atoms with Gasteiger partial charge in [0.25, 0.3) is 5.91 Å². The summed E-state index contributed by atoms with van der Waals surface area (Å²) in [6, 6.07) is 19.9. The molecule has 0 spiro atoms. The summed E-state index contributed by atoms with van der Waals surface area (Å²) in [5.74, 6) is 0.0449. The number of benzene rings is 2. The quantitative estimate of drug-likeness (QED) is 0.550. The van der Waals surface area contributed by atoms with Crippen molar-refractivity contribution >= 4 is 33.3 Å². The monoisotopic (exact) mass is 389 g/mol. The maximum Gasteiger partial charge on any atom is 0.293 e. The third kappa shape index (κ3) is 3.44. The van der Waals surface area contributed by atoms with Crippen molar-refractivity contribution in [3.63, 3.8) is 0 Å². The Labute approximate surface area is 166 Å². The molecule has 0 radical (unpaired) electrons. The first kappa shape index (κ1) is 17.2. The molecular formula is C22H19N3O2S. The standard InChI is InChI=1S/C22H19N3O2S/c26-21(19-12-16-8-4-5-9-18(16)27-19)24-22-23-17-10-11-25(14-20(17)28-22)13-15-6-2-1-3-7-15/h1-9,12H,10-11,13-14H2,(H,23,24,26). The van der Waals surface area contributed by atoms with Gasteiger partial charge >= 0.3 is 0 Å². The van der Waals surface area contributed by atoms with Gasteiger partial charge in [-0.05, 0) is 17.7 Å². The maximum atomic E-state index is 12.6. The first-order chi connectivity index (χ1) is 13.7. The Morgan fingerprint density at radius 1 is 1.14 bits per heavy atom. The number of aromatic nitrogens is 1. The molecule has 0 bridgehead atoms. The number of nitrogens with one attached hydrogen (secondary N) is 1. The van der Waals surface area contributed by atoms with Crippen LogP contribution in [-0.4, -0.2) is 22.3 Å². The number of fused-ring (bicyclic) bond motifs is 2. The summed E-state index contributed by atoms with van der Waals surface area (Å²) >= 11 is 1.55. The zero-order valence-corrected chi connectivity index (χ0v) is 16.0. The van der Waals surface area contributed by atoms with Crippen LogP contribution in [0.15, 0.2) is 65.1 Å². The smallest absolute Gasteiger partial charge is 0.293 e. The van der Waals surface area contributed by atoms with Gasteiger partial charge < -0.3 is 4.42 Å². The van der Waals surface area contributed by atoms with Crippen LogP contribution in [0.4, 0.5) is 5.13 Å². The molecule has 0 aliphatic carbocycles. The highest BCUT2D eigenvalue weighted by atomic mass is 32.1. The molecule has 4 aromatic rings. The molecule has 5 nitrogen and oxygen atoms in total. The molecule has 0 atom stereocenters. The summed E-state index contributed by atoms with van der Waals surface area (Å²) in [6.45, 7) is 2.77. The molecule has 1 N–H and O–H groups in total. The number of nitrogens with zero attached hydrogens (tertiary/aromatic N) is 2. The third-order valence-corrected chi connectivity index (χ3v) is 5.93. The topological polar surface area (TPSA) is 58.4 Å². The highest BCUT2D eigenvalue weighted by Gasteiger charge is 2.22. The van der Waals surface area contributed by atoms with Gasteiger partial charge in [0.2, 0.25) is 0 Å². The summed E-state index contributed by atoms with van der Waals surface area (Å²) in [7, 11) is 0. The number of para-hydroxylation sites is 1. The van der Waals surface area contributed by atoms with Crippen LogP contribution in [-0.2, 0) is 19.5 Å². The Kier molecular flexibility index (Phi) is 4.43. The minimum absolute atomic E-state index is 0.261. The van der Waals surface area contributed by atoms with Gasteiger partial charge in [-0.3, -0.25) is 15.0 Å². The van der Waals surface area contributed by atoms with Crippen molar-refractivity contribution in [1.29, 1.82) is 0 Å². The van der Waals surface area contributed by atoms with E-state index >= 15 is 0 Å². The average Bonchev–Trinajstić information content (AvgIpc) is 3.32. The van der Waals surface area contributed by atoms with Gasteiger partial charge in [0.05, 0.1) is 5.69 Å². The summed E-state index contributed by atoms with van der Waals surface area (Å²) in [4.78, 5) is 20.8. The van der Waals surface area contributed by atoms with E-state index in [0.717, 1.165) is 37.1 Å². The minimum Gasteiger partial charge on any atom is -0.451 e. The highest BCUT2D eigenvalue weighted by molar-refractivity contribution is 7.15. The van der Waals surface area contributed by atoms with Gasteiger partial charge in [-0.1, -0.05) is 48.5 Å². The van der Waals surface area contributed by atoms with Crippen molar-refractivity contribution in [2.45, 2.75) is 19.5 Å². The molecule has 5 rings (SSSR count). The van der Waals surface area contributed by atoms with Crippen molar-refractivity contribution in [3.05, 3.63) is 82.6 Å². The van der Waals surface area contributed by atoms with Crippen molar-refractivity contribution in [3.8, 4) is 0 Å². The second-order valence-corrected chi connectivity index (χ2v) is 8.02. The number of hydrogen-bond donors (Lipinski definition) is 1. The zero-order valence-electron chi connectivity index (χ0n) is 15.2. The molecule has 140 valence electrons. The zero-order chi connectivity index (χ0) is 18.9. The van der Waals surface area contributed by atoms with E-state index in [1.165, 1.54) is 10.4 Å². The number of amides is 1. The summed E-state index contributed by atoms with van der Waals surface area (Å²) < 4.78 is 5.64. The van der Waals surface area contributed by atoms with E-state index in [9.17, 15) is 4.79 Å². The molecule has 1 amide bonds. The number of anilines is 1. The summed E-state index contributed by atoms with van der Waals surface area (Å²) in [6.07, 6.45) is 0.902. The lowest BCUT2D eigenvalue weighted by Gasteiger charge is -2.25. The molecule has 6 heteroatoms. The van der Waals surface area contributed by atoms with Crippen LogP contribution in [0.2, 0.25) is 0 Å². The summed E-state index contributed by atoms with van der Waals surface area (Å²) in [5, 5.41) is 4.45. The number of carbonyl (C=O) groups excluding carboxylic acids is 1. The Bertz CT molecular complexity index is 1100. The Morgan fingerprint density at radius 2 is 1.96 bits per heavy atom. The Balaban J connectivity index is 1.28. The third-order valence-electron chi connectivity index (χ3n) is 4.93. The molecule has 1 aliphatic heterocycles. The molecule has 1 aliphatic rings. The van der Waals surface area contributed by atoms with Crippen molar-refractivity contribution in [2.75, 3.05) is 11.9 Å². The first-order valence-corrected chi connectivity index (χ1v) is 10.1. The predicted octanol–water partition coefficient (Wildman–Crippen LogP) is 4.70. The molecule has 0 unspecified atom stereocenters. The number of thiazole rings is 1. The number of rotatable bonds is 4. The largest absolute Gasteiger partial charge is 0.451 e. The van der Waals surface area contributed by atoms with Crippen LogP contribution >= 0.6 is 11.3 Å². The van der Waals surface area contributed by atoms with E-state index in [1.54, 1.807) is 17.4 Å². The first-order valence-electron chi connectivity index (χ1n) is 9.29. The van der Waals surface area contributed by atoms with Gasteiger partial charge in [-0.25, -0.2) is 4.98 Å². The van der Waals surface area contributed by atoms with E-state index in [2.05, 4.69) is 39.5 Å². The normalized spacial score (nSPS) is 14.1. The van der Waals surface area contributed by atoms with Crippen LogP contribution in [0.1, 0.15) is 26.7 Å². The van der Waals surface area contributed by atoms with Crippen LogP contribution in [0.3, 0.4) is 0 Å². The lowest BCUT2D eigenvalue weighted by atomic mass is 10.1. The lowest BCUT2D eigenvalue weighted by molar-refractivity contribution is 0.0998. The van der Waals surface area contributed by atoms with Gasteiger partial charge in [-0.2, -0.15) is 0 Å². The van der Waals surface area contributed by atoms with Crippen LogP contribution in [0.5, 0.6) is 0 Å². The SMILES string of the molecule is O=C(Nc1nc2c(s1)CN(Cc1ccccc1)CC2)c1cc2ccccc2o1. The maximum absolute atomic E-state index is 12.6. The molecule has 2 aromatic heterocycles. The molecule has 0 fully saturated rings. The molecule has 28 heavy (non-hydrogen) atoms. The second-order valence-electron chi connectivity index (χ2n) is 6.94. The second kappa shape index (κ2) is 7.22. The van der Waals surface area contributed by atoms with Gasteiger partial charge in [0.1, 0.15) is 5.58 Å². The molecule has 0 saturated carbocycles. The van der Waals surface area contributed by atoms with E-state index in [1.807, 2.05) is 30.3 Å². The molecule has 3 heterocycles. The molecule has 2 aromatic carbocycles. The van der Waals surface area contributed by atoms with Gasteiger partial charge in [-0.15, -0.1) is 11.3 Å². The van der Waals surface area contributed by atoms with E-state index in [-0.39, 0.29) is 5.91 Å². The molecule has 0 saturated heterocycles. The fourth-order valence-corrected chi connectivity index (χ4v) is 4.58. The van der Waals surface area contributed by atoms with E-state index in [4.69, 9.17) is 4.42 Å². The van der Waals surface area contributed by atoms with Gasteiger partial charge in [0, 0.05) is 36.3 Å². The highest BCUT2D eigenvalue weighted by Crippen LogP contribution is 2.29. The average molecular weight is 389 g/mol. The predicted molar refractivity (Wildman–Crippen MR) is 111 cm³/mol. The lowest BCUT2D eigenvalue weighted by Crippen LogP contribution is -2.29.